The van der Waals surface area contributed by atoms with Crippen LogP contribution >= 0.6 is 12.2 Å². The number of carbonyl (C=O) groups is 2. The number of aryl methyl sites for hydroxylation is 1. The molecule has 0 aromatic heterocycles. The number of hydrogen-bond donors (Lipinski definition) is 1. The topological polar surface area (TPSA) is 76.4 Å². The molecule has 2 amide bonds. The average molecular weight is 479 g/mol. The van der Waals surface area contributed by atoms with Crippen molar-refractivity contribution in [3.63, 3.8) is 0 Å². The van der Waals surface area contributed by atoms with E-state index in [0.29, 0.717) is 29.8 Å². The molecular weight excluding hydrogens is 451 g/mol. The van der Waals surface area contributed by atoms with Crippen LogP contribution in [0.5, 0.6) is 0 Å². The highest BCUT2D eigenvalue weighted by Crippen LogP contribution is 2.49. The molecule has 0 radical (unpaired) electrons. The van der Waals surface area contributed by atoms with Gasteiger partial charge in [-0.2, -0.15) is 5.26 Å². The number of rotatable bonds is 3. The van der Waals surface area contributed by atoms with Crippen molar-refractivity contribution in [1.29, 1.82) is 5.26 Å². The van der Waals surface area contributed by atoms with Gasteiger partial charge in [-0.15, -0.1) is 0 Å². The van der Waals surface area contributed by atoms with Crippen LogP contribution in [0.3, 0.4) is 0 Å². The zero-order valence-electron chi connectivity index (χ0n) is 19.7. The largest absolute Gasteiger partial charge is 0.355 e. The summed E-state index contributed by atoms with van der Waals surface area (Å²) in [6.45, 7) is 6.18. The van der Waals surface area contributed by atoms with Crippen molar-refractivity contribution in [3.8, 4) is 6.07 Å². The van der Waals surface area contributed by atoms with Gasteiger partial charge in [0.15, 0.2) is 5.11 Å². The summed E-state index contributed by atoms with van der Waals surface area (Å²) >= 11 is 5.83. The highest BCUT2D eigenvalue weighted by Gasteiger charge is 2.58. The normalized spacial score (nSPS) is 18.8. The fourth-order valence-electron chi connectivity index (χ4n) is 4.91. The molecule has 4 rings (SSSR count). The maximum Gasteiger partial charge on any atom is 0.259 e. The number of hydrogen-bond acceptors (Lipinski definition) is 4. The van der Waals surface area contributed by atoms with Crippen LogP contribution in [0.1, 0.15) is 61.0 Å². The van der Waals surface area contributed by atoms with E-state index in [1.54, 1.807) is 29.2 Å². The van der Waals surface area contributed by atoms with Gasteiger partial charge in [0, 0.05) is 12.7 Å². The van der Waals surface area contributed by atoms with Gasteiger partial charge in [-0.05, 0) is 92.2 Å². The molecule has 2 fully saturated rings. The standard InChI is InChI=1S/C26H27FN4O2S/c1-16-13-18(6-5-17(16)15-28)30-23(33)26(11-9-25(2,3)10-12-26)31(24(30)34)19-7-8-20(21(27)14-19)22(32)29-4/h5-8,13-14H,9-12H2,1-4H3,(H,29,32). The van der Waals surface area contributed by atoms with Crippen LogP contribution in [0.25, 0.3) is 0 Å². The Morgan fingerprint density at radius 1 is 1.12 bits per heavy atom. The maximum atomic E-state index is 14.9. The number of nitrogens with one attached hydrogen (secondary N) is 1. The fourth-order valence-corrected chi connectivity index (χ4v) is 5.38. The second-order valence-corrected chi connectivity index (χ2v) is 10.2. The molecule has 6 nitrogen and oxygen atoms in total. The van der Waals surface area contributed by atoms with Gasteiger partial charge in [0.1, 0.15) is 11.4 Å². The molecule has 1 saturated heterocycles. The van der Waals surface area contributed by atoms with E-state index in [2.05, 4.69) is 25.2 Å². The highest BCUT2D eigenvalue weighted by molar-refractivity contribution is 7.81. The summed E-state index contributed by atoms with van der Waals surface area (Å²) in [5.74, 6) is -1.34. The molecule has 1 saturated carbocycles. The molecule has 1 spiro atoms. The fraction of sp³-hybridized carbons (Fsp3) is 0.385. The number of halogens is 1. The Labute approximate surface area is 204 Å². The number of anilines is 2. The van der Waals surface area contributed by atoms with E-state index in [0.717, 1.165) is 18.4 Å². The molecule has 1 aliphatic carbocycles. The van der Waals surface area contributed by atoms with Gasteiger partial charge in [0.25, 0.3) is 11.8 Å². The molecule has 0 atom stereocenters. The number of benzene rings is 2. The van der Waals surface area contributed by atoms with Crippen LogP contribution in [0.15, 0.2) is 36.4 Å². The zero-order chi connectivity index (χ0) is 24.8. The minimum Gasteiger partial charge on any atom is -0.355 e. The molecule has 0 bridgehead atoms. The van der Waals surface area contributed by atoms with Crippen molar-refractivity contribution in [3.05, 3.63) is 58.9 Å². The quantitative estimate of drug-likeness (QED) is 0.639. The smallest absolute Gasteiger partial charge is 0.259 e. The lowest BCUT2D eigenvalue weighted by atomic mass is 9.68. The lowest BCUT2D eigenvalue weighted by Gasteiger charge is -2.44. The van der Waals surface area contributed by atoms with Crippen LogP contribution in [-0.2, 0) is 4.79 Å². The van der Waals surface area contributed by atoms with Crippen LogP contribution in [0, 0.1) is 29.5 Å². The van der Waals surface area contributed by atoms with Crippen molar-refractivity contribution in [2.24, 2.45) is 5.41 Å². The van der Waals surface area contributed by atoms with E-state index in [9.17, 15) is 19.2 Å². The maximum absolute atomic E-state index is 14.9. The zero-order valence-corrected chi connectivity index (χ0v) is 20.6. The molecule has 0 unspecified atom stereocenters. The Morgan fingerprint density at radius 3 is 2.32 bits per heavy atom. The van der Waals surface area contributed by atoms with Gasteiger partial charge in [-0.1, -0.05) is 13.8 Å². The van der Waals surface area contributed by atoms with Crippen LogP contribution in [0.4, 0.5) is 15.8 Å². The van der Waals surface area contributed by atoms with Crippen molar-refractivity contribution in [1.82, 2.24) is 5.32 Å². The van der Waals surface area contributed by atoms with Gasteiger partial charge in [-0.25, -0.2) is 4.39 Å². The SMILES string of the molecule is CNC(=O)c1ccc(N2C(=S)N(c3ccc(C#N)c(C)c3)C(=O)C23CCC(C)(C)CC3)cc1F. The van der Waals surface area contributed by atoms with Crippen molar-refractivity contribution < 1.29 is 14.0 Å². The Hall–Kier alpha value is -3.31. The molecule has 1 heterocycles. The lowest BCUT2D eigenvalue weighted by Crippen LogP contribution is -2.53. The third-order valence-electron chi connectivity index (χ3n) is 7.11. The van der Waals surface area contributed by atoms with Gasteiger partial charge >= 0.3 is 0 Å². The van der Waals surface area contributed by atoms with E-state index in [1.165, 1.54) is 24.1 Å². The number of nitriles is 1. The first-order valence-electron chi connectivity index (χ1n) is 11.3. The molecule has 1 aliphatic heterocycles. The number of nitrogens with zero attached hydrogens (tertiary/aromatic N) is 3. The summed E-state index contributed by atoms with van der Waals surface area (Å²) in [7, 11) is 1.44. The Morgan fingerprint density at radius 2 is 1.76 bits per heavy atom. The molecule has 2 aromatic rings. The first kappa shape index (κ1) is 23.8. The molecule has 2 aliphatic rings. The van der Waals surface area contributed by atoms with Crippen molar-refractivity contribution in [2.45, 2.75) is 52.0 Å². The lowest BCUT2D eigenvalue weighted by molar-refractivity contribution is -0.123. The van der Waals surface area contributed by atoms with Gasteiger partial charge in [0.2, 0.25) is 0 Å². The monoisotopic (exact) mass is 478 g/mol. The first-order chi connectivity index (χ1) is 16.0. The summed E-state index contributed by atoms with van der Waals surface area (Å²) in [6.07, 6.45) is 2.78. The van der Waals surface area contributed by atoms with E-state index >= 15 is 0 Å². The van der Waals surface area contributed by atoms with Crippen molar-refractivity contribution >= 4 is 40.5 Å². The summed E-state index contributed by atoms with van der Waals surface area (Å²) in [6, 6.07) is 11.7. The molecule has 176 valence electrons. The van der Waals surface area contributed by atoms with E-state index < -0.39 is 17.3 Å². The second-order valence-electron chi connectivity index (χ2n) is 9.81. The van der Waals surface area contributed by atoms with Crippen LogP contribution in [-0.4, -0.2) is 29.5 Å². The summed E-state index contributed by atoms with van der Waals surface area (Å²) in [4.78, 5) is 29.3. The highest BCUT2D eigenvalue weighted by atomic mass is 32.1. The first-order valence-corrected chi connectivity index (χ1v) is 11.7. The molecule has 34 heavy (non-hydrogen) atoms. The summed E-state index contributed by atoms with van der Waals surface area (Å²) < 4.78 is 14.9. The number of thiocarbonyl (C=S) groups is 1. The van der Waals surface area contributed by atoms with E-state index in [4.69, 9.17) is 12.2 Å². The summed E-state index contributed by atoms with van der Waals surface area (Å²) in [5, 5.41) is 12.0. The Bertz CT molecular complexity index is 1240. The third kappa shape index (κ3) is 3.74. The van der Waals surface area contributed by atoms with Gasteiger partial charge < -0.3 is 10.2 Å². The Balaban J connectivity index is 1.83. The Kier molecular flexibility index (Phi) is 5.94. The van der Waals surface area contributed by atoms with E-state index in [-0.39, 0.29) is 22.0 Å². The summed E-state index contributed by atoms with van der Waals surface area (Å²) in [5.41, 5.74) is 1.38. The van der Waals surface area contributed by atoms with E-state index in [1.807, 2.05) is 6.92 Å². The minimum atomic E-state index is -0.935. The average Bonchev–Trinajstić information content (AvgIpc) is 3.01. The van der Waals surface area contributed by atoms with Gasteiger partial charge in [-0.3, -0.25) is 14.5 Å². The van der Waals surface area contributed by atoms with Crippen molar-refractivity contribution in [2.75, 3.05) is 16.8 Å². The van der Waals surface area contributed by atoms with Gasteiger partial charge in [0.05, 0.1) is 22.9 Å². The second kappa shape index (κ2) is 8.48. The number of carbonyl (C=O) groups excluding carboxylic acids is 2. The number of amides is 2. The molecule has 1 N–H and O–H groups in total. The predicted octanol–water partition coefficient (Wildman–Crippen LogP) is 4.84. The minimum absolute atomic E-state index is 0.0684. The molecule has 8 heteroatoms. The third-order valence-corrected chi connectivity index (χ3v) is 7.48. The van der Waals surface area contributed by atoms with Crippen LogP contribution < -0.4 is 15.1 Å². The molecule has 2 aromatic carbocycles. The predicted molar refractivity (Wildman–Crippen MR) is 133 cm³/mol. The van der Waals surface area contributed by atoms with Crippen LogP contribution in [0.2, 0.25) is 0 Å². The molecular formula is C26H27FN4O2S.